The fourth-order valence-corrected chi connectivity index (χ4v) is 5.52. The lowest BCUT2D eigenvalue weighted by molar-refractivity contribution is 0.0947. The molecule has 4 aromatic rings. The number of halogens is 2. The second-order valence-electron chi connectivity index (χ2n) is 8.24. The van der Waals surface area contributed by atoms with Crippen molar-refractivity contribution >= 4 is 39.9 Å². The molecule has 1 aliphatic heterocycles. The van der Waals surface area contributed by atoms with Crippen LogP contribution in [0.3, 0.4) is 0 Å². The van der Waals surface area contributed by atoms with Gasteiger partial charge in [0.2, 0.25) is 0 Å². The molecule has 4 aromatic carbocycles. The molecular weight excluding hydrogens is 499 g/mol. The summed E-state index contributed by atoms with van der Waals surface area (Å²) >= 11 is 5.92. The molecule has 1 atom stereocenters. The summed E-state index contributed by atoms with van der Waals surface area (Å²) in [7, 11) is -1.67. The van der Waals surface area contributed by atoms with Gasteiger partial charge in [0.25, 0.3) is 11.8 Å². The number of carbonyl (C=O) groups excluding carboxylic acids is 2. The van der Waals surface area contributed by atoms with Crippen molar-refractivity contribution in [3.8, 4) is 0 Å². The van der Waals surface area contributed by atoms with Crippen molar-refractivity contribution < 1.29 is 18.2 Å². The van der Waals surface area contributed by atoms with Crippen LogP contribution in [0, 0.1) is 5.82 Å². The van der Waals surface area contributed by atoms with Gasteiger partial charge in [-0.25, -0.2) is 8.60 Å². The summed E-state index contributed by atoms with van der Waals surface area (Å²) in [6.45, 7) is 0.197. The van der Waals surface area contributed by atoms with Crippen molar-refractivity contribution in [1.29, 1.82) is 0 Å². The average molecular weight is 519 g/mol. The summed E-state index contributed by atoms with van der Waals surface area (Å²) < 4.78 is 28.1. The third-order valence-electron chi connectivity index (χ3n) is 5.93. The zero-order valence-electron chi connectivity index (χ0n) is 18.9. The molecule has 1 aliphatic rings. The molecule has 0 saturated heterocycles. The minimum absolute atomic E-state index is 0.0834. The summed E-state index contributed by atoms with van der Waals surface area (Å²) in [5, 5.41) is 3.45. The van der Waals surface area contributed by atoms with Crippen LogP contribution >= 0.6 is 11.6 Å². The summed E-state index contributed by atoms with van der Waals surface area (Å²) in [5.74, 6) is -1.24. The van der Waals surface area contributed by atoms with Gasteiger partial charge in [-0.1, -0.05) is 54.1 Å². The Morgan fingerprint density at radius 1 is 0.917 bits per heavy atom. The van der Waals surface area contributed by atoms with Gasteiger partial charge in [-0.15, -0.1) is 0 Å². The first-order valence-corrected chi connectivity index (χ1v) is 12.7. The third kappa shape index (κ3) is 4.67. The van der Waals surface area contributed by atoms with Crippen molar-refractivity contribution in [3.05, 3.63) is 124 Å². The van der Waals surface area contributed by atoms with Crippen molar-refractivity contribution in [2.24, 2.45) is 0 Å². The van der Waals surface area contributed by atoms with Gasteiger partial charge in [0, 0.05) is 22.7 Å². The van der Waals surface area contributed by atoms with E-state index in [0.29, 0.717) is 26.1 Å². The predicted molar refractivity (Wildman–Crippen MR) is 137 cm³/mol. The number of nitrogens with zero attached hydrogens (tertiary/aromatic N) is 1. The molecule has 1 heterocycles. The van der Waals surface area contributed by atoms with Crippen LogP contribution in [-0.4, -0.2) is 16.0 Å². The molecule has 0 aliphatic carbocycles. The minimum Gasteiger partial charge on any atom is -0.348 e. The molecule has 180 valence electrons. The number of hydrogen-bond donors (Lipinski definition) is 1. The normalized spacial score (nSPS) is 14.6. The van der Waals surface area contributed by atoms with Crippen LogP contribution in [0.15, 0.2) is 101 Å². The molecule has 0 unspecified atom stereocenters. The van der Waals surface area contributed by atoms with E-state index in [0.717, 1.165) is 5.56 Å². The molecule has 5 rings (SSSR count). The van der Waals surface area contributed by atoms with Crippen LogP contribution in [0.25, 0.3) is 0 Å². The highest BCUT2D eigenvalue weighted by molar-refractivity contribution is 7.85. The van der Waals surface area contributed by atoms with Crippen LogP contribution in [0.2, 0.25) is 5.02 Å². The first-order chi connectivity index (χ1) is 17.4. The van der Waals surface area contributed by atoms with E-state index in [-0.39, 0.29) is 30.1 Å². The van der Waals surface area contributed by atoms with E-state index in [9.17, 15) is 18.2 Å². The number of amides is 2. The topological polar surface area (TPSA) is 66.5 Å². The van der Waals surface area contributed by atoms with Crippen molar-refractivity contribution in [2.75, 3.05) is 4.90 Å². The van der Waals surface area contributed by atoms with E-state index in [1.54, 1.807) is 66.7 Å². The SMILES string of the molecule is O=C(NCc1ccc(Cl)cc1)c1ccc2c(c1)N(Cc1ccccc1F)C(=O)c1ccccc1[S@]2=O. The van der Waals surface area contributed by atoms with Crippen LogP contribution < -0.4 is 10.2 Å². The molecule has 0 fully saturated rings. The molecular formula is C28H20ClFN2O3S. The van der Waals surface area contributed by atoms with Gasteiger partial charge in [0.05, 0.1) is 38.4 Å². The maximum atomic E-state index is 14.5. The van der Waals surface area contributed by atoms with Gasteiger partial charge in [-0.3, -0.25) is 9.59 Å². The average Bonchev–Trinajstić information content (AvgIpc) is 2.98. The van der Waals surface area contributed by atoms with E-state index >= 15 is 0 Å². The highest BCUT2D eigenvalue weighted by Crippen LogP contribution is 2.36. The third-order valence-corrected chi connectivity index (χ3v) is 7.68. The van der Waals surface area contributed by atoms with Gasteiger partial charge in [0.15, 0.2) is 0 Å². The number of fused-ring (bicyclic) bond motifs is 2. The van der Waals surface area contributed by atoms with Gasteiger partial charge >= 0.3 is 0 Å². The Hall–Kier alpha value is -3.81. The highest BCUT2D eigenvalue weighted by Gasteiger charge is 2.32. The van der Waals surface area contributed by atoms with E-state index in [2.05, 4.69) is 5.32 Å². The monoisotopic (exact) mass is 518 g/mol. The standard InChI is InChI=1S/C28H20ClFN2O3S/c29-21-12-9-18(10-13-21)16-31-27(33)19-11-14-26-24(15-19)32(17-20-5-1-3-7-23(20)30)28(34)22-6-2-4-8-25(22)36(26)35/h1-15H,16-17H2,(H,31,33)/t36-/m1/s1. The number of nitrogens with one attached hydrogen (secondary N) is 1. The zero-order chi connectivity index (χ0) is 25.2. The number of rotatable bonds is 5. The van der Waals surface area contributed by atoms with Crippen LogP contribution in [0.4, 0.5) is 10.1 Å². The van der Waals surface area contributed by atoms with Crippen LogP contribution in [0.1, 0.15) is 31.8 Å². The first-order valence-electron chi connectivity index (χ1n) is 11.1. The fourth-order valence-electron chi connectivity index (χ4n) is 4.05. The summed E-state index contributed by atoms with van der Waals surface area (Å²) in [4.78, 5) is 28.7. The molecule has 0 aromatic heterocycles. The van der Waals surface area contributed by atoms with Gasteiger partial charge < -0.3 is 10.2 Å². The van der Waals surface area contributed by atoms with Gasteiger partial charge in [0.1, 0.15) is 5.82 Å². The van der Waals surface area contributed by atoms with Crippen LogP contribution in [0.5, 0.6) is 0 Å². The molecule has 2 amide bonds. The van der Waals surface area contributed by atoms with E-state index in [4.69, 9.17) is 11.6 Å². The molecule has 0 spiro atoms. The Labute approximate surface area is 215 Å². The molecule has 0 radical (unpaired) electrons. The Bertz CT molecular complexity index is 1510. The molecule has 8 heteroatoms. The lowest BCUT2D eigenvalue weighted by Crippen LogP contribution is -2.31. The number of benzene rings is 4. The Morgan fingerprint density at radius 3 is 2.42 bits per heavy atom. The quantitative estimate of drug-likeness (QED) is 0.366. The molecule has 0 bridgehead atoms. The maximum absolute atomic E-state index is 14.5. The van der Waals surface area contributed by atoms with Gasteiger partial charge in [-0.05, 0) is 54.1 Å². The summed E-state index contributed by atoms with van der Waals surface area (Å²) in [5.41, 5.74) is 2.04. The Balaban J connectivity index is 1.54. The minimum atomic E-state index is -1.67. The highest BCUT2D eigenvalue weighted by atomic mass is 35.5. The predicted octanol–water partition coefficient (Wildman–Crippen LogP) is 5.74. The fraction of sp³-hybridized carbons (Fsp3) is 0.0714. The zero-order valence-corrected chi connectivity index (χ0v) is 20.5. The second kappa shape index (κ2) is 10.0. The molecule has 0 saturated carbocycles. The van der Waals surface area contributed by atoms with Crippen LogP contribution in [-0.2, 0) is 23.9 Å². The van der Waals surface area contributed by atoms with Crippen molar-refractivity contribution in [1.82, 2.24) is 5.32 Å². The first kappa shape index (κ1) is 23.9. The van der Waals surface area contributed by atoms with E-state index in [1.165, 1.54) is 17.0 Å². The lowest BCUT2D eigenvalue weighted by atomic mass is 10.1. The molecule has 5 nitrogen and oxygen atoms in total. The summed E-state index contributed by atoms with van der Waals surface area (Å²) in [6.07, 6.45) is 0. The Morgan fingerprint density at radius 2 is 1.64 bits per heavy atom. The van der Waals surface area contributed by atoms with Crippen molar-refractivity contribution in [3.63, 3.8) is 0 Å². The maximum Gasteiger partial charge on any atom is 0.259 e. The lowest BCUT2D eigenvalue weighted by Gasteiger charge is -2.24. The van der Waals surface area contributed by atoms with E-state index < -0.39 is 22.5 Å². The number of carbonyl (C=O) groups is 2. The van der Waals surface area contributed by atoms with Gasteiger partial charge in [-0.2, -0.15) is 0 Å². The largest absolute Gasteiger partial charge is 0.348 e. The second-order valence-corrected chi connectivity index (χ2v) is 10.1. The number of hydrogen-bond acceptors (Lipinski definition) is 3. The smallest absolute Gasteiger partial charge is 0.259 e. The van der Waals surface area contributed by atoms with Crippen molar-refractivity contribution in [2.45, 2.75) is 22.9 Å². The summed E-state index contributed by atoms with van der Waals surface area (Å²) in [6, 6.07) is 24.7. The molecule has 36 heavy (non-hydrogen) atoms. The Kier molecular flexibility index (Phi) is 6.67. The molecule has 1 N–H and O–H groups in total. The number of anilines is 1. The van der Waals surface area contributed by atoms with E-state index in [1.807, 2.05) is 12.1 Å².